The molecule has 0 aliphatic rings. The van der Waals surface area contributed by atoms with Gasteiger partial charge in [0.05, 0.1) is 19.2 Å². The minimum atomic E-state index is -0.287. The Hall–Kier alpha value is -2.40. The molecule has 0 fully saturated rings. The van der Waals surface area contributed by atoms with E-state index in [-0.39, 0.29) is 17.2 Å². The number of methoxy groups -OCH3 is 1. The predicted octanol–water partition coefficient (Wildman–Crippen LogP) is 3.21. The van der Waals surface area contributed by atoms with E-state index < -0.39 is 0 Å². The van der Waals surface area contributed by atoms with Crippen molar-refractivity contribution in [2.45, 2.75) is 0 Å². The summed E-state index contributed by atoms with van der Waals surface area (Å²) in [6.45, 7) is 0.716. The van der Waals surface area contributed by atoms with Crippen LogP contribution in [0.2, 0.25) is 5.02 Å². The molecule has 0 aliphatic heterocycles. The van der Waals surface area contributed by atoms with Gasteiger partial charge >= 0.3 is 0 Å². The van der Waals surface area contributed by atoms with Crippen LogP contribution >= 0.6 is 11.6 Å². The quantitative estimate of drug-likeness (QED) is 0.880. The number of halogens is 1. The highest BCUT2D eigenvalue weighted by Crippen LogP contribution is 2.24. The van der Waals surface area contributed by atoms with E-state index in [2.05, 4.69) is 0 Å². The van der Waals surface area contributed by atoms with E-state index in [1.165, 1.54) is 24.1 Å². The second-order valence-corrected chi connectivity index (χ2v) is 5.35. The number of rotatable bonds is 6. The molecule has 0 saturated carbocycles. The molecule has 2 aromatic carbocycles. The molecule has 0 radical (unpaired) electrons. The van der Waals surface area contributed by atoms with Gasteiger partial charge in [-0.2, -0.15) is 0 Å². The maximum atomic E-state index is 12.3. The molecule has 122 valence electrons. The minimum Gasteiger partial charge on any atom is -0.507 e. The number of phenolic OH excluding ortho intramolecular Hbond substituents is 1. The van der Waals surface area contributed by atoms with Crippen LogP contribution in [0.5, 0.6) is 17.2 Å². The molecule has 0 unspecified atom stereocenters. The van der Waals surface area contributed by atoms with Gasteiger partial charge in [0.1, 0.15) is 23.9 Å². The zero-order valence-corrected chi connectivity index (χ0v) is 13.7. The summed E-state index contributed by atoms with van der Waals surface area (Å²) < 4.78 is 10.5. The van der Waals surface area contributed by atoms with Crippen LogP contribution in [0.1, 0.15) is 10.4 Å². The summed E-state index contributed by atoms with van der Waals surface area (Å²) in [6, 6.07) is 11.6. The van der Waals surface area contributed by atoms with Crippen molar-refractivity contribution in [2.75, 3.05) is 27.3 Å². The highest BCUT2D eigenvalue weighted by Gasteiger charge is 2.16. The molecular formula is C17H18ClNO4. The van der Waals surface area contributed by atoms with Crippen LogP contribution in [0.3, 0.4) is 0 Å². The molecule has 1 amide bonds. The van der Waals surface area contributed by atoms with Crippen LogP contribution in [0.25, 0.3) is 0 Å². The Morgan fingerprint density at radius 1 is 1.17 bits per heavy atom. The van der Waals surface area contributed by atoms with Crippen molar-refractivity contribution < 1.29 is 19.4 Å². The van der Waals surface area contributed by atoms with Crippen LogP contribution in [-0.4, -0.2) is 43.2 Å². The fraction of sp³-hybridized carbons (Fsp3) is 0.235. The molecular weight excluding hydrogens is 318 g/mol. The Morgan fingerprint density at radius 3 is 2.43 bits per heavy atom. The number of hydrogen-bond donors (Lipinski definition) is 1. The lowest BCUT2D eigenvalue weighted by molar-refractivity contribution is 0.0770. The van der Waals surface area contributed by atoms with E-state index in [4.69, 9.17) is 21.1 Å². The van der Waals surface area contributed by atoms with Crippen molar-refractivity contribution in [3.05, 3.63) is 53.1 Å². The van der Waals surface area contributed by atoms with E-state index in [9.17, 15) is 9.90 Å². The van der Waals surface area contributed by atoms with Crippen LogP contribution < -0.4 is 9.47 Å². The van der Waals surface area contributed by atoms with Crippen LogP contribution in [0.15, 0.2) is 42.5 Å². The monoisotopic (exact) mass is 335 g/mol. The lowest BCUT2D eigenvalue weighted by Gasteiger charge is -2.18. The van der Waals surface area contributed by atoms with Gasteiger partial charge in [0.2, 0.25) is 0 Å². The Labute approximate surface area is 140 Å². The third-order valence-electron chi connectivity index (χ3n) is 3.29. The van der Waals surface area contributed by atoms with Gasteiger partial charge in [0.25, 0.3) is 5.91 Å². The van der Waals surface area contributed by atoms with Crippen LogP contribution in [-0.2, 0) is 0 Å². The third kappa shape index (κ3) is 4.53. The van der Waals surface area contributed by atoms with Gasteiger partial charge in [-0.15, -0.1) is 0 Å². The molecule has 1 N–H and O–H groups in total. The summed E-state index contributed by atoms with van der Waals surface area (Å²) in [5.74, 6) is 0.778. The lowest BCUT2D eigenvalue weighted by atomic mass is 10.1. The number of phenols is 1. The molecule has 0 heterocycles. The third-order valence-corrected chi connectivity index (χ3v) is 3.54. The number of nitrogens with zero attached hydrogens (tertiary/aromatic N) is 1. The molecule has 0 aliphatic carbocycles. The maximum Gasteiger partial charge on any atom is 0.257 e. The first-order valence-corrected chi connectivity index (χ1v) is 7.40. The van der Waals surface area contributed by atoms with Gasteiger partial charge in [0.15, 0.2) is 0 Å². The molecule has 6 heteroatoms. The van der Waals surface area contributed by atoms with E-state index in [0.29, 0.717) is 29.7 Å². The van der Waals surface area contributed by atoms with E-state index in [0.717, 1.165) is 0 Å². The average Bonchev–Trinajstić information content (AvgIpc) is 2.55. The normalized spacial score (nSPS) is 10.2. The molecule has 0 aromatic heterocycles. The SMILES string of the molecule is COc1ccc(C(=O)N(C)CCOc2ccc(Cl)cc2)c(O)c1. The number of carbonyl (C=O) groups is 1. The van der Waals surface area contributed by atoms with Crippen molar-refractivity contribution in [1.82, 2.24) is 4.90 Å². The number of hydrogen-bond acceptors (Lipinski definition) is 4. The molecule has 2 rings (SSSR count). The van der Waals surface area contributed by atoms with Gasteiger partial charge in [-0.05, 0) is 36.4 Å². The van der Waals surface area contributed by atoms with E-state index in [1.54, 1.807) is 37.4 Å². The summed E-state index contributed by atoms with van der Waals surface area (Å²) in [5, 5.41) is 10.5. The van der Waals surface area contributed by atoms with Gasteiger partial charge in [-0.25, -0.2) is 0 Å². The number of ether oxygens (including phenoxy) is 2. The van der Waals surface area contributed by atoms with Crippen molar-refractivity contribution in [2.24, 2.45) is 0 Å². The zero-order valence-electron chi connectivity index (χ0n) is 13.0. The molecule has 0 spiro atoms. The number of amides is 1. The molecule has 23 heavy (non-hydrogen) atoms. The van der Waals surface area contributed by atoms with Crippen molar-refractivity contribution in [3.8, 4) is 17.2 Å². The molecule has 2 aromatic rings. The molecule has 0 saturated heterocycles. The molecule has 5 nitrogen and oxygen atoms in total. The topological polar surface area (TPSA) is 59.0 Å². The highest BCUT2D eigenvalue weighted by molar-refractivity contribution is 6.30. The Kier molecular flexibility index (Phi) is 5.71. The van der Waals surface area contributed by atoms with E-state index in [1.807, 2.05) is 0 Å². The minimum absolute atomic E-state index is 0.111. The maximum absolute atomic E-state index is 12.3. The van der Waals surface area contributed by atoms with Gasteiger partial charge < -0.3 is 19.5 Å². The summed E-state index contributed by atoms with van der Waals surface area (Å²) >= 11 is 5.80. The fourth-order valence-electron chi connectivity index (χ4n) is 1.96. The first-order chi connectivity index (χ1) is 11.0. The Balaban J connectivity index is 1.91. The van der Waals surface area contributed by atoms with Crippen molar-refractivity contribution >= 4 is 17.5 Å². The summed E-state index contributed by atoms with van der Waals surface area (Å²) in [5.41, 5.74) is 0.222. The standard InChI is InChI=1S/C17H18ClNO4/c1-19(9-10-23-13-5-3-12(18)4-6-13)17(21)15-8-7-14(22-2)11-16(15)20/h3-8,11,20H,9-10H2,1-2H3. The lowest BCUT2D eigenvalue weighted by Crippen LogP contribution is -2.30. The zero-order chi connectivity index (χ0) is 16.8. The van der Waals surface area contributed by atoms with Crippen molar-refractivity contribution in [1.29, 1.82) is 0 Å². The van der Waals surface area contributed by atoms with Gasteiger partial charge in [-0.3, -0.25) is 4.79 Å². The first-order valence-electron chi connectivity index (χ1n) is 7.02. The Bertz CT molecular complexity index is 673. The predicted molar refractivity (Wildman–Crippen MR) is 88.6 cm³/mol. The highest BCUT2D eigenvalue weighted by atomic mass is 35.5. The van der Waals surface area contributed by atoms with Crippen LogP contribution in [0, 0.1) is 0 Å². The fourth-order valence-corrected chi connectivity index (χ4v) is 2.08. The number of carbonyl (C=O) groups excluding carboxylic acids is 1. The first kappa shape index (κ1) is 17.0. The number of likely N-dealkylation sites (N-methyl/N-ethyl adjacent to an activating group) is 1. The summed E-state index contributed by atoms with van der Waals surface area (Å²) in [7, 11) is 3.15. The van der Waals surface area contributed by atoms with Gasteiger partial charge in [-0.1, -0.05) is 11.6 Å². The van der Waals surface area contributed by atoms with Gasteiger partial charge in [0, 0.05) is 18.1 Å². The smallest absolute Gasteiger partial charge is 0.257 e. The Morgan fingerprint density at radius 2 is 1.83 bits per heavy atom. The number of aromatic hydroxyl groups is 1. The second-order valence-electron chi connectivity index (χ2n) is 4.91. The summed E-state index contributed by atoms with van der Waals surface area (Å²) in [6.07, 6.45) is 0. The van der Waals surface area contributed by atoms with Crippen LogP contribution in [0.4, 0.5) is 0 Å². The van der Waals surface area contributed by atoms with E-state index >= 15 is 0 Å². The second kappa shape index (κ2) is 7.74. The molecule has 0 atom stereocenters. The molecule has 0 bridgehead atoms. The average molecular weight is 336 g/mol. The summed E-state index contributed by atoms with van der Waals surface area (Å²) in [4.78, 5) is 13.8. The largest absolute Gasteiger partial charge is 0.507 e. The number of benzene rings is 2. The van der Waals surface area contributed by atoms with Crippen molar-refractivity contribution in [3.63, 3.8) is 0 Å².